The third-order valence-electron chi connectivity index (χ3n) is 3.66. The molecule has 2 aromatic carbocycles. The second kappa shape index (κ2) is 8.10. The molecule has 1 N–H and O–H groups in total. The van der Waals surface area contributed by atoms with Crippen molar-refractivity contribution in [2.45, 2.75) is 24.1 Å². The highest BCUT2D eigenvalue weighted by Gasteiger charge is 2.16. The Bertz CT molecular complexity index is 901. The van der Waals surface area contributed by atoms with Gasteiger partial charge >= 0.3 is 0 Å². The molecule has 132 valence electrons. The maximum atomic E-state index is 13.0. The van der Waals surface area contributed by atoms with Crippen LogP contribution >= 0.6 is 11.8 Å². The molecule has 0 unspecified atom stereocenters. The van der Waals surface area contributed by atoms with Gasteiger partial charge in [0.05, 0.1) is 10.9 Å². The molecule has 0 saturated carbocycles. The van der Waals surface area contributed by atoms with E-state index in [-0.39, 0.29) is 17.0 Å². The van der Waals surface area contributed by atoms with Crippen LogP contribution < -0.4 is 5.32 Å². The summed E-state index contributed by atoms with van der Waals surface area (Å²) in [6.07, 6.45) is 0. The van der Waals surface area contributed by atoms with Gasteiger partial charge in [-0.25, -0.2) is 14.4 Å². The monoisotopic (exact) mass is 367 g/mol. The second-order valence-electron chi connectivity index (χ2n) is 5.76. The summed E-state index contributed by atoms with van der Waals surface area (Å²) in [7, 11) is 0. The lowest BCUT2D eigenvalue weighted by atomic mass is 10.1. The van der Waals surface area contributed by atoms with E-state index in [0.29, 0.717) is 11.5 Å². The maximum Gasteiger partial charge on any atom is 0.237 e. The number of hydrogen-bond donors (Lipinski definition) is 1. The van der Waals surface area contributed by atoms with Gasteiger partial charge in [0.25, 0.3) is 0 Å². The van der Waals surface area contributed by atoms with E-state index in [0.717, 1.165) is 16.3 Å². The number of anilines is 1. The largest absolute Gasteiger partial charge is 0.325 e. The summed E-state index contributed by atoms with van der Waals surface area (Å²) in [4.78, 5) is 21.3. The summed E-state index contributed by atoms with van der Waals surface area (Å²) >= 11 is 1.36. The van der Waals surface area contributed by atoms with Crippen LogP contribution in [0.2, 0.25) is 0 Å². The van der Waals surface area contributed by atoms with E-state index in [9.17, 15) is 9.18 Å². The summed E-state index contributed by atoms with van der Waals surface area (Å²) in [5, 5.41) is 3.15. The molecule has 1 aromatic heterocycles. The summed E-state index contributed by atoms with van der Waals surface area (Å²) < 4.78 is 13.0. The van der Waals surface area contributed by atoms with Crippen LogP contribution in [-0.4, -0.2) is 21.1 Å². The average Bonchev–Trinajstić information content (AvgIpc) is 2.64. The zero-order valence-corrected chi connectivity index (χ0v) is 15.3. The van der Waals surface area contributed by atoms with E-state index < -0.39 is 0 Å². The molecule has 4 nitrogen and oxygen atoms in total. The number of nitrogens with zero attached hydrogens (tertiary/aromatic N) is 2. The van der Waals surface area contributed by atoms with E-state index in [1.807, 2.05) is 50.2 Å². The number of nitrogens with one attached hydrogen (secondary N) is 1. The third-order valence-corrected chi connectivity index (χ3v) is 4.68. The van der Waals surface area contributed by atoms with Crippen molar-refractivity contribution in [3.63, 3.8) is 0 Å². The fourth-order valence-corrected chi connectivity index (χ4v) is 3.26. The predicted octanol–water partition coefficient (Wildman–Crippen LogP) is 4.71. The van der Waals surface area contributed by atoms with E-state index in [2.05, 4.69) is 15.3 Å². The molecule has 0 radical (unpaired) electrons. The maximum absolute atomic E-state index is 13.0. The van der Waals surface area contributed by atoms with Crippen LogP contribution in [0.1, 0.15) is 12.7 Å². The van der Waals surface area contributed by atoms with Crippen LogP contribution in [0, 0.1) is 12.7 Å². The minimum absolute atomic E-state index is 0.167. The van der Waals surface area contributed by atoms with Crippen molar-refractivity contribution in [3.8, 4) is 11.3 Å². The quantitative estimate of drug-likeness (QED) is 0.524. The van der Waals surface area contributed by atoms with Crippen molar-refractivity contribution in [2.75, 3.05) is 5.32 Å². The SMILES string of the molecule is Cc1nc(S[C@H](C)C(=O)Nc2ccc(F)cc2)cc(-c2ccccc2)n1. The molecule has 0 saturated heterocycles. The molecular formula is C20H18FN3OS. The second-order valence-corrected chi connectivity index (χ2v) is 7.12. The molecule has 0 fully saturated rings. The first-order chi connectivity index (χ1) is 12.5. The number of aryl methyl sites for hydroxylation is 1. The average molecular weight is 367 g/mol. The number of thioether (sulfide) groups is 1. The van der Waals surface area contributed by atoms with Gasteiger partial charge in [-0.1, -0.05) is 42.1 Å². The van der Waals surface area contributed by atoms with Crippen molar-refractivity contribution < 1.29 is 9.18 Å². The molecule has 0 spiro atoms. The van der Waals surface area contributed by atoms with Crippen molar-refractivity contribution in [1.29, 1.82) is 0 Å². The highest BCUT2D eigenvalue weighted by atomic mass is 32.2. The number of halogens is 1. The summed E-state index contributed by atoms with van der Waals surface area (Å²) in [5.74, 6) is 0.148. The van der Waals surface area contributed by atoms with E-state index in [4.69, 9.17) is 0 Å². The summed E-state index contributed by atoms with van der Waals surface area (Å²) in [5.41, 5.74) is 2.39. The van der Waals surface area contributed by atoms with Crippen LogP contribution in [0.25, 0.3) is 11.3 Å². The molecule has 1 atom stereocenters. The minimum atomic E-state index is -0.363. The van der Waals surface area contributed by atoms with Crippen molar-refractivity contribution in [2.24, 2.45) is 0 Å². The molecule has 0 aliphatic rings. The van der Waals surface area contributed by atoms with E-state index >= 15 is 0 Å². The first kappa shape index (κ1) is 18.1. The Hall–Kier alpha value is -2.73. The molecule has 0 aliphatic heterocycles. The fraction of sp³-hybridized carbons (Fsp3) is 0.150. The molecule has 6 heteroatoms. The van der Waals surface area contributed by atoms with Gasteiger partial charge in [-0.2, -0.15) is 0 Å². The number of benzene rings is 2. The molecule has 3 rings (SSSR count). The Labute approximate surface area is 155 Å². The topological polar surface area (TPSA) is 54.9 Å². The zero-order valence-electron chi connectivity index (χ0n) is 14.4. The van der Waals surface area contributed by atoms with Crippen molar-refractivity contribution in [1.82, 2.24) is 9.97 Å². The Morgan fingerprint density at radius 3 is 2.46 bits per heavy atom. The molecule has 1 heterocycles. The number of hydrogen-bond acceptors (Lipinski definition) is 4. The lowest BCUT2D eigenvalue weighted by molar-refractivity contribution is -0.115. The normalized spacial score (nSPS) is 11.8. The molecule has 0 aliphatic carbocycles. The van der Waals surface area contributed by atoms with Gasteiger partial charge in [0, 0.05) is 11.3 Å². The lowest BCUT2D eigenvalue weighted by Gasteiger charge is -2.12. The Balaban J connectivity index is 1.72. The first-order valence-corrected chi connectivity index (χ1v) is 9.03. The minimum Gasteiger partial charge on any atom is -0.325 e. The Kier molecular flexibility index (Phi) is 5.63. The predicted molar refractivity (Wildman–Crippen MR) is 103 cm³/mol. The van der Waals surface area contributed by atoms with Crippen molar-refractivity contribution in [3.05, 3.63) is 72.3 Å². The van der Waals surface area contributed by atoms with Gasteiger partial charge in [-0.3, -0.25) is 4.79 Å². The number of carbonyl (C=O) groups is 1. The number of amides is 1. The molecule has 3 aromatic rings. The Morgan fingerprint density at radius 1 is 1.08 bits per heavy atom. The van der Waals surface area contributed by atoms with Gasteiger partial charge in [-0.05, 0) is 44.2 Å². The lowest BCUT2D eigenvalue weighted by Crippen LogP contribution is -2.22. The van der Waals surface area contributed by atoms with Crippen LogP contribution in [0.5, 0.6) is 0 Å². The highest BCUT2D eigenvalue weighted by molar-refractivity contribution is 8.00. The van der Waals surface area contributed by atoms with Crippen LogP contribution in [-0.2, 0) is 4.79 Å². The highest BCUT2D eigenvalue weighted by Crippen LogP contribution is 2.26. The number of rotatable bonds is 5. The van der Waals surface area contributed by atoms with E-state index in [1.165, 1.54) is 36.0 Å². The van der Waals surface area contributed by atoms with Crippen molar-refractivity contribution >= 4 is 23.4 Å². The van der Waals surface area contributed by atoms with Gasteiger partial charge < -0.3 is 5.32 Å². The molecular weight excluding hydrogens is 349 g/mol. The van der Waals surface area contributed by atoms with Gasteiger partial charge in [-0.15, -0.1) is 0 Å². The van der Waals surface area contributed by atoms with Crippen LogP contribution in [0.4, 0.5) is 10.1 Å². The van der Waals surface area contributed by atoms with Gasteiger partial charge in [0.15, 0.2) is 0 Å². The molecule has 0 bridgehead atoms. The molecule has 26 heavy (non-hydrogen) atoms. The smallest absolute Gasteiger partial charge is 0.237 e. The molecule has 1 amide bonds. The first-order valence-electron chi connectivity index (χ1n) is 8.15. The Morgan fingerprint density at radius 2 is 1.77 bits per heavy atom. The van der Waals surface area contributed by atoms with Gasteiger partial charge in [0.2, 0.25) is 5.91 Å². The summed E-state index contributed by atoms with van der Waals surface area (Å²) in [6.45, 7) is 3.64. The van der Waals surface area contributed by atoms with Gasteiger partial charge in [0.1, 0.15) is 16.7 Å². The standard InChI is InChI=1S/C20H18FN3OS/c1-13(20(25)24-17-10-8-16(21)9-11-17)26-19-12-18(22-14(2)23-19)15-6-4-3-5-7-15/h3-13H,1-2H3,(H,24,25)/t13-/m1/s1. The number of aromatic nitrogens is 2. The fourth-order valence-electron chi connectivity index (χ4n) is 2.37. The van der Waals surface area contributed by atoms with Crippen LogP contribution in [0.15, 0.2) is 65.7 Å². The third kappa shape index (κ3) is 4.67. The van der Waals surface area contributed by atoms with Crippen LogP contribution in [0.3, 0.4) is 0 Å². The zero-order chi connectivity index (χ0) is 18.5. The summed E-state index contributed by atoms with van der Waals surface area (Å²) in [6, 6.07) is 17.4. The number of carbonyl (C=O) groups excluding carboxylic acids is 1. The van der Waals surface area contributed by atoms with E-state index in [1.54, 1.807) is 0 Å².